The van der Waals surface area contributed by atoms with Gasteiger partial charge in [0.25, 0.3) is 0 Å². The summed E-state index contributed by atoms with van der Waals surface area (Å²) in [5.41, 5.74) is 8.20. The second-order valence-corrected chi connectivity index (χ2v) is 9.71. The Morgan fingerprint density at radius 3 is 2.33 bits per heavy atom. The Morgan fingerprint density at radius 1 is 0.970 bits per heavy atom. The molecule has 4 rings (SSSR count). The van der Waals surface area contributed by atoms with E-state index in [-0.39, 0.29) is 11.3 Å². The van der Waals surface area contributed by atoms with Gasteiger partial charge in [-0.2, -0.15) is 5.10 Å². The lowest BCUT2D eigenvalue weighted by molar-refractivity contribution is -0.120. The zero-order valence-electron chi connectivity index (χ0n) is 19.2. The molecule has 0 aliphatic rings. The number of halogens is 1. The van der Waals surface area contributed by atoms with Crippen molar-refractivity contribution in [1.29, 1.82) is 0 Å². The minimum atomic E-state index is -0.139. The highest BCUT2D eigenvalue weighted by Gasteiger charge is 2.13. The number of carbonyl (C=O) groups excluding carboxylic acids is 1. The van der Waals surface area contributed by atoms with Crippen molar-refractivity contribution in [2.75, 3.05) is 0 Å². The van der Waals surface area contributed by atoms with Crippen molar-refractivity contribution in [3.05, 3.63) is 106 Å². The third-order valence-electron chi connectivity index (χ3n) is 5.66. The van der Waals surface area contributed by atoms with Crippen LogP contribution in [0.15, 0.2) is 84.1 Å². The Labute approximate surface area is 199 Å². The summed E-state index contributed by atoms with van der Waals surface area (Å²) in [6, 6.07) is 24.2. The van der Waals surface area contributed by atoms with Crippen molar-refractivity contribution in [3.8, 4) is 0 Å². The third-order valence-corrected chi connectivity index (χ3v) is 5.92. The molecule has 0 saturated heterocycles. The van der Waals surface area contributed by atoms with Gasteiger partial charge < -0.3 is 4.57 Å². The van der Waals surface area contributed by atoms with Crippen LogP contribution in [0, 0.1) is 0 Å². The van der Waals surface area contributed by atoms with E-state index in [4.69, 9.17) is 11.6 Å². The summed E-state index contributed by atoms with van der Waals surface area (Å²) >= 11 is 6.01. The van der Waals surface area contributed by atoms with Gasteiger partial charge >= 0.3 is 0 Å². The quantitative estimate of drug-likeness (QED) is 0.267. The minimum absolute atomic E-state index is 0.0951. The number of nitrogens with zero attached hydrogens (tertiary/aromatic N) is 2. The number of hydrogen-bond donors (Lipinski definition) is 1. The van der Waals surface area contributed by atoms with Crippen molar-refractivity contribution in [2.45, 2.75) is 39.2 Å². The lowest BCUT2D eigenvalue weighted by atomic mass is 9.86. The Morgan fingerprint density at radius 2 is 1.64 bits per heavy atom. The average molecular weight is 458 g/mol. The molecule has 168 valence electrons. The third kappa shape index (κ3) is 5.71. The molecule has 33 heavy (non-hydrogen) atoms. The van der Waals surface area contributed by atoms with Crippen molar-refractivity contribution in [1.82, 2.24) is 9.99 Å². The zero-order chi connectivity index (χ0) is 23.4. The van der Waals surface area contributed by atoms with Gasteiger partial charge in [-0.15, -0.1) is 0 Å². The first-order valence-electron chi connectivity index (χ1n) is 11.0. The minimum Gasteiger partial charge on any atom is -0.342 e. The van der Waals surface area contributed by atoms with Crippen molar-refractivity contribution in [2.24, 2.45) is 5.10 Å². The van der Waals surface area contributed by atoms with Crippen LogP contribution in [-0.2, 0) is 23.2 Å². The molecule has 0 unspecified atom stereocenters. The molecule has 0 saturated carbocycles. The second-order valence-electron chi connectivity index (χ2n) is 9.27. The van der Waals surface area contributed by atoms with Gasteiger partial charge in [-0.05, 0) is 40.3 Å². The molecular formula is C28H28ClN3O. The molecule has 0 spiro atoms. The fourth-order valence-corrected chi connectivity index (χ4v) is 3.94. The van der Waals surface area contributed by atoms with Crippen molar-refractivity contribution >= 4 is 34.6 Å². The van der Waals surface area contributed by atoms with Crippen molar-refractivity contribution in [3.63, 3.8) is 0 Å². The van der Waals surface area contributed by atoms with Crippen LogP contribution in [0.4, 0.5) is 0 Å². The molecular weight excluding hydrogens is 430 g/mol. The first-order chi connectivity index (χ1) is 15.8. The molecule has 4 nitrogen and oxygen atoms in total. The number of rotatable bonds is 6. The number of hydrogen-bond acceptors (Lipinski definition) is 2. The number of carbonyl (C=O) groups is 1. The standard InChI is InChI=1S/C28H28ClN3O/c1-28(2,3)23-12-8-20(9-13-23)16-27(33)31-30-17-22-19-32(26-7-5-4-6-25(22)26)18-21-10-14-24(29)15-11-21/h4-15,17,19H,16,18H2,1-3H3,(H,31,33)/b30-17-. The molecule has 1 aromatic heterocycles. The van der Waals surface area contributed by atoms with Crippen LogP contribution in [0.3, 0.4) is 0 Å². The number of nitrogens with one attached hydrogen (secondary N) is 1. The molecule has 0 fully saturated rings. The van der Waals surface area contributed by atoms with Crippen LogP contribution >= 0.6 is 11.6 Å². The van der Waals surface area contributed by atoms with Gasteiger partial charge in [-0.3, -0.25) is 4.79 Å². The lowest BCUT2D eigenvalue weighted by Gasteiger charge is -2.19. The number of aromatic nitrogens is 1. The van der Waals surface area contributed by atoms with E-state index in [1.54, 1.807) is 6.21 Å². The van der Waals surface area contributed by atoms with E-state index in [1.165, 1.54) is 5.56 Å². The average Bonchev–Trinajstić information content (AvgIpc) is 3.12. The molecule has 0 atom stereocenters. The number of para-hydroxylation sites is 1. The molecule has 1 heterocycles. The second kappa shape index (κ2) is 9.63. The molecule has 0 bridgehead atoms. The Hall–Kier alpha value is -3.37. The fraction of sp³-hybridized carbons (Fsp3) is 0.214. The SMILES string of the molecule is CC(C)(C)c1ccc(CC(=O)N/N=C\c2cn(Cc3ccc(Cl)cc3)c3ccccc23)cc1. The number of fused-ring (bicyclic) bond motifs is 1. The predicted octanol–water partition coefficient (Wildman–Crippen LogP) is 6.33. The summed E-state index contributed by atoms with van der Waals surface area (Å²) in [4.78, 5) is 12.4. The van der Waals surface area contributed by atoms with E-state index in [9.17, 15) is 4.79 Å². The van der Waals surface area contributed by atoms with E-state index in [0.29, 0.717) is 6.42 Å². The number of amides is 1. The monoisotopic (exact) mass is 457 g/mol. The van der Waals surface area contributed by atoms with E-state index < -0.39 is 0 Å². The maximum absolute atomic E-state index is 12.4. The summed E-state index contributed by atoms with van der Waals surface area (Å²) < 4.78 is 2.18. The topological polar surface area (TPSA) is 46.4 Å². The lowest BCUT2D eigenvalue weighted by Crippen LogP contribution is -2.20. The molecule has 1 amide bonds. The highest BCUT2D eigenvalue weighted by atomic mass is 35.5. The van der Waals surface area contributed by atoms with E-state index >= 15 is 0 Å². The number of benzene rings is 3. The highest BCUT2D eigenvalue weighted by Crippen LogP contribution is 2.23. The van der Waals surface area contributed by atoms with Crippen LogP contribution in [0.25, 0.3) is 10.9 Å². The Bertz CT molecular complexity index is 1280. The molecule has 3 aromatic carbocycles. The largest absolute Gasteiger partial charge is 0.342 e. The maximum Gasteiger partial charge on any atom is 0.244 e. The van der Waals surface area contributed by atoms with Crippen LogP contribution < -0.4 is 5.43 Å². The molecule has 5 heteroatoms. The first kappa shape index (κ1) is 22.8. The fourth-order valence-electron chi connectivity index (χ4n) is 3.82. The van der Waals surface area contributed by atoms with Gasteiger partial charge in [0.2, 0.25) is 5.91 Å². The van der Waals surface area contributed by atoms with Crippen molar-refractivity contribution < 1.29 is 4.79 Å². The molecule has 1 N–H and O–H groups in total. The summed E-state index contributed by atoms with van der Waals surface area (Å²) in [6.07, 6.45) is 4.06. The Balaban J connectivity index is 1.44. The summed E-state index contributed by atoms with van der Waals surface area (Å²) in [6.45, 7) is 7.25. The van der Waals surface area contributed by atoms with Gasteiger partial charge in [-0.25, -0.2) is 5.43 Å². The van der Waals surface area contributed by atoms with Gasteiger partial charge in [0, 0.05) is 34.2 Å². The van der Waals surface area contributed by atoms with E-state index in [1.807, 2.05) is 48.5 Å². The summed E-state index contributed by atoms with van der Waals surface area (Å²) in [5, 5.41) is 6.03. The normalized spacial score (nSPS) is 11.9. The first-order valence-corrected chi connectivity index (χ1v) is 11.4. The summed E-state index contributed by atoms with van der Waals surface area (Å²) in [5.74, 6) is -0.139. The Kier molecular flexibility index (Phi) is 6.66. The maximum atomic E-state index is 12.4. The predicted molar refractivity (Wildman–Crippen MR) is 137 cm³/mol. The van der Waals surface area contributed by atoms with Crippen LogP contribution in [0.1, 0.15) is 43.0 Å². The number of hydrazone groups is 1. The summed E-state index contributed by atoms with van der Waals surface area (Å²) in [7, 11) is 0. The highest BCUT2D eigenvalue weighted by molar-refractivity contribution is 6.30. The van der Waals surface area contributed by atoms with Gasteiger partial charge in [0.1, 0.15) is 0 Å². The van der Waals surface area contributed by atoms with Crippen LogP contribution in [0.2, 0.25) is 5.02 Å². The van der Waals surface area contributed by atoms with Gasteiger partial charge in [0.15, 0.2) is 0 Å². The smallest absolute Gasteiger partial charge is 0.244 e. The van der Waals surface area contributed by atoms with Crippen LogP contribution in [0.5, 0.6) is 0 Å². The van der Waals surface area contributed by atoms with Gasteiger partial charge in [-0.1, -0.05) is 87.0 Å². The van der Waals surface area contributed by atoms with E-state index in [0.717, 1.165) is 39.2 Å². The molecule has 0 aliphatic heterocycles. The molecule has 4 aromatic rings. The molecule has 0 aliphatic carbocycles. The van der Waals surface area contributed by atoms with E-state index in [2.05, 4.69) is 66.3 Å². The van der Waals surface area contributed by atoms with Crippen LogP contribution in [-0.4, -0.2) is 16.7 Å². The zero-order valence-corrected chi connectivity index (χ0v) is 19.9. The molecule has 0 radical (unpaired) electrons. The van der Waals surface area contributed by atoms with Gasteiger partial charge in [0.05, 0.1) is 12.6 Å².